The van der Waals surface area contributed by atoms with Crippen molar-refractivity contribution in [2.24, 2.45) is 11.8 Å². The van der Waals surface area contributed by atoms with Crippen molar-refractivity contribution in [3.8, 4) is 0 Å². The molecule has 0 bridgehead atoms. The first kappa shape index (κ1) is 18.7. The highest BCUT2D eigenvalue weighted by atomic mass is 16.6. The Kier molecular flexibility index (Phi) is 5.61. The van der Waals surface area contributed by atoms with Crippen molar-refractivity contribution in [2.45, 2.75) is 20.3 Å². The van der Waals surface area contributed by atoms with Crippen molar-refractivity contribution in [1.82, 2.24) is 4.90 Å². The van der Waals surface area contributed by atoms with Crippen LogP contribution in [-0.2, 0) is 4.79 Å². The first-order valence-corrected chi connectivity index (χ1v) is 8.19. The van der Waals surface area contributed by atoms with E-state index in [-0.39, 0.29) is 11.3 Å². The van der Waals surface area contributed by atoms with Crippen LogP contribution in [0.25, 0.3) is 0 Å². The maximum absolute atomic E-state index is 12.3. The van der Waals surface area contributed by atoms with Crippen LogP contribution in [0.5, 0.6) is 0 Å². The number of carboxylic acids is 1. The van der Waals surface area contributed by atoms with Gasteiger partial charge in [0.2, 0.25) is 0 Å². The number of rotatable bonds is 5. The second-order valence-corrected chi connectivity index (χ2v) is 6.87. The van der Waals surface area contributed by atoms with E-state index >= 15 is 0 Å². The number of aliphatic carboxylic acids is 1. The lowest BCUT2D eigenvalue weighted by Crippen LogP contribution is -2.39. The fraction of sp³-hybridized carbons (Fsp3) is 0.529. The van der Waals surface area contributed by atoms with E-state index in [4.69, 9.17) is 5.11 Å². The van der Waals surface area contributed by atoms with Gasteiger partial charge in [0.1, 0.15) is 12.2 Å². The van der Waals surface area contributed by atoms with Gasteiger partial charge in [-0.15, -0.1) is 0 Å². The number of carbonyl (C=O) groups excluding carboxylic acids is 1. The normalized spacial score (nSPS) is 20.2. The zero-order valence-electron chi connectivity index (χ0n) is 14.6. The van der Waals surface area contributed by atoms with Crippen LogP contribution in [-0.4, -0.2) is 53.5 Å². The van der Waals surface area contributed by atoms with Crippen LogP contribution in [0.2, 0.25) is 0 Å². The number of amides is 1. The van der Waals surface area contributed by atoms with Crippen LogP contribution in [0.1, 0.15) is 30.6 Å². The van der Waals surface area contributed by atoms with Crippen LogP contribution in [0.15, 0.2) is 18.2 Å². The SMILES string of the molecule is CC1CC(C)CN(c2ccc(C(=O)N(C)CC(=O)O)cc2[N+](=O)[O-])C1. The molecule has 1 aromatic rings. The largest absolute Gasteiger partial charge is 0.480 e. The number of carbonyl (C=O) groups is 2. The molecule has 1 heterocycles. The van der Waals surface area contributed by atoms with Gasteiger partial charge in [-0.1, -0.05) is 13.8 Å². The topological polar surface area (TPSA) is 104 Å². The molecule has 1 N–H and O–H groups in total. The molecule has 0 aromatic heterocycles. The van der Waals surface area contributed by atoms with E-state index in [0.717, 1.165) is 24.4 Å². The molecule has 2 rings (SSSR count). The molecule has 0 spiro atoms. The Morgan fingerprint density at radius 2 is 1.92 bits per heavy atom. The molecule has 8 nitrogen and oxygen atoms in total. The van der Waals surface area contributed by atoms with Crippen LogP contribution in [0, 0.1) is 22.0 Å². The summed E-state index contributed by atoms with van der Waals surface area (Å²) in [7, 11) is 1.35. The van der Waals surface area contributed by atoms with Crippen molar-refractivity contribution < 1.29 is 19.6 Å². The third-order valence-electron chi connectivity index (χ3n) is 4.35. The summed E-state index contributed by atoms with van der Waals surface area (Å²) in [5, 5.41) is 20.3. The molecule has 2 unspecified atom stereocenters. The zero-order valence-corrected chi connectivity index (χ0v) is 14.6. The molecule has 0 aliphatic carbocycles. The van der Waals surface area contributed by atoms with Gasteiger partial charge in [-0.2, -0.15) is 0 Å². The van der Waals surface area contributed by atoms with Crippen molar-refractivity contribution >= 4 is 23.3 Å². The standard InChI is InChI=1S/C17H23N3O5/c1-11-6-12(2)9-19(8-11)14-5-4-13(7-15(14)20(24)25)17(23)18(3)10-16(21)22/h4-5,7,11-12H,6,8-10H2,1-3H3,(H,21,22). The molecule has 0 radical (unpaired) electrons. The number of anilines is 1. The Labute approximate surface area is 146 Å². The van der Waals surface area contributed by atoms with Gasteiger partial charge in [-0.3, -0.25) is 19.7 Å². The Morgan fingerprint density at radius 3 is 2.44 bits per heavy atom. The number of carboxylic acid groups (broad SMARTS) is 1. The summed E-state index contributed by atoms with van der Waals surface area (Å²) in [6, 6.07) is 4.34. The van der Waals surface area contributed by atoms with Crippen molar-refractivity contribution in [3.05, 3.63) is 33.9 Å². The summed E-state index contributed by atoms with van der Waals surface area (Å²) < 4.78 is 0. The van der Waals surface area contributed by atoms with Crippen LogP contribution in [0.3, 0.4) is 0 Å². The average Bonchev–Trinajstić information content (AvgIpc) is 2.51. The molecular weight excluding hydrogens is 326 g/mol. The second kappa shape index (κ2) is 7.50. The third-order valence-corrected chi connectivity index (χ3v) is 4.35. The average molecular weight is 349 g/mol. The fourth-order valence-electron chi connectivity index (χ4n) is 3.42. The molecule has 1 aliphatic heterocycles. The number of hydrogen-bond acceptors (Lipinski definition) is 5. The Morgan fingerprint density at radius 1 is 1.32 bits per heavy atom. The summed E-state index contributed by atoms with van der Waals surface area (Å²) in [4.78, 5) is 37.0. The van der Waals surface area contributed by atoms with Gasteiger partial charge in [-0.05, 0) is 30.4 Å². The number of nitro groups is 1. The Bertz CT molecular complexity index is 681. The Balaban J connectivity index is 2.33. The van der Waals surface area contributed by atoms with E-state index in [0.29, 0.717) is 17.5 Å². The summed E-state index contributed by atoms with van der Waals surface area (Å²) >= 11 is 0. The van der Waals surface area contributed by atoms with Crippen molar-refractivity contribution in [3.63, 3.8) is 0 Å². The third kappa shape index (κ3) is 4.46. The second-order valence-electron chi connectivity index (χ2n) is 6.87. The number of benzene rings is 1. The van der Waals surface area contributed by atoms with Gasteiger partial charge in [0, 0.05) is 31.8 Å². The fourth-order valence-corrected chi connectivity index (χ4v) is 3.42. The van der Waals surface area contributed by atoms with Gasteiger partial charge >= 0.3 is 5.97 Å². The highest BCUT2D eigenvalue weighted by Crippen LogP contribution is 2.34. The van der Waals surface area contributed by atoms with Crippen molar-refractivity contribution in [2.75, 3.05) is 31.6 Å². The van der Waals surface area contributed by atoms with Crippen molar-refractivity contribution in [1.29, 1.82) is 0 Å². The summed E-state index contributed by atoms with van der Waals surface area (Å²) in [6.45, 7) is 5.24. The molecule has 25 heavy (non-hydrogen) atoms. The number of likely N-dealkylation sites (N-methyl/N-ethyl adjacent to an activating group) is 1. The van der Waals surface area contributed by atoms with E-state index in [2.05, 4.69) is 13.8 Å². The molecule has 0 saturated carbocycles. The number of nitrogens with zero attached hydrogens (tertiary/aromatic N) is 3. The zero-order chi connectivity index (χ0) is 18.7. The van der Waals surface area contributed by atoms with Crippen LogP contribution in [0.4, 0.5) is 11.4 Å². The molecule has 1 aromatic carbocycles. The molecule has 1 saturated heterocycles. The van der Waals surface area contributed by atoms with Gasteiger partial charge in [0.15, 0.2) is 0 Å². The van der Waals surface area contributed by atoms with E-state index in [1.807, 2.05) is 4.90 Å². The van der Waals surface area contributed by atoms with Gasteiger partial charge in [0.25, 0.3) is 11.6 Å². The smallest absolute Gasteiger partial charge is 0.323 e. The number of hydrogen-bond donors (Lipinski definition) is 1. The van der Waals surface area contributed by atoms with E-state index < -0.39 is 23.3 Å². The van der Waals surface area contributed by atoms with Gasteiger partial charge < -0.3 is 14.9 Å². The highest BCUT2D eigenvalue weighted by Gasteiger charge is 2.28. The minimum absolute atomic E-state index is 0.109. The lowest BCUT2D eigenvalue weighted by molar-refractivity contribution is -0.384. The first-order valence-electron chi connectivity index (χ1n) is 8.19. The minimum Gasteiger partial charge on any atom is -0.480 e. The van der Waals surface area contributed by atoms with E-state index in [1.54, 1.807) is 6.07 Å². The molecule has 2 atom stereocenters. The molecule has 1 aliphatic rings. The summed E-state index contributed by atoms with van der Waals surface area (Å²) in [5.74, 6) is -0.826. The van der Waals surface area contributed by atoms with E-state index in [1.165, 1.54) is 19.2 Å². The predicted molar refractivity (Wildman–Crippen MR) is 92.9 cm³/mol. The predicted octanol–water partition coefficient (Wildman–Crippen LogP) is 2.23. The first-order chi connectivity index (χ1) is 11.7. The molecule has 136 valence electrons. The summed E-state index contributed by atoms with van der Waals surface area (Å²) in [6.07, 6.45) is 1.08. The van der Waals surface area contributed by atoms with Gasteiger partial charge in [0.05, 0.1) is 4.92 Å². The van der Waals surface area contributed by atoms with Crippen LogP contribution >= 0.6 is 0 Å². The monoisotopic (exact) mass is 349 g/mol. The highest BCUT2D eigenvalue weighted by molar-refractivity contribution is 5.97. The molecule has 1 amide bonds. The molecule has 8 heteroatoms. The molecule has 1 fully saturated rings. The maximum atomic E-state index is 12.3. The number of piperidine rings is 1. The minimum atomic E-state index is -1.14. The number of nitro benzene ring substituents is 1. The molecular formula is C17H23N3O5. The summed E-state index contributed by atoms with van der Waals surface area (Å²) in [5.41, 5.74) is 0.481. The van der Waals surface area contributed by atoms with E-state index in [9.17, 15) is 19.7 Å². The van der Waals surface area contributed by atoms with Crippen LogP contribution < -0.4 is 4.90 Å². The lowest BCUT2D eigenvalue weighted by atomic mass is 9.91. The lowest BCUT2D eigenvalue weighted by Gasteiger charge is -2.36. The maximum Gasteiger partial charge on any atom is 0.323 e. The Hall–Kier alpha value is -2.64. The quantitative estimate of drug-likeness (QED) is 0.646. The van der Waals surface area contributed by atoms with Gasteiger partial charge in [-0.25, -0.2) is 0 Å².